The predicted molar refractivity (Wildman–Crippen MR) is 30.1 cm³/mol. The largest absolute Gasteiger partial charge is 0.412 e. The molecule has 0 rings (SSSR count). The lowest BCUT2D eigenvalue weighted by Gasteiger charge is -0.412. The van der Waals surface area contributed by atoms with Crippen molar-refractivity contribution in [1.29, 1.82) is 0 Å². The monoisotopic (exact) mass is 103 g/mol. The number of hydrogen-bond donors (Lipinski definition) is 1. The van der Waals surface area contributed by atoms with Crippen LogP contribution in [0, 0.1) is 0 Å². The zero-order valence-electron chi connectivity index (χ0n) is 2.41. The summed E-state index contributed by atoms with van der Waals surface area (Å²) in [5.41, 5.74) is 0. The molecule has 1 unspecified atom stereocenters. The van der Waals surface area contributed by atoms with Gasteiger partial charge in [-0.05, 0) is 0 Å². The Hall–Kier alpha value is 0.700. The highest BCUT2D eigenvalue weighted by Gasteiger charge is -0.153. The van der Waals surface area contributed by atoms with Crippen LogP contribution in [-0.2, 0) is 0 Å². The van der Waals surface area contributed by atoms with Crippen LogP contribution in [0.25, 0.3) is 0 Å². The van der Waals surface area contributed by atoms with Crippen molar-refractivity contribution in [2.75, 3.05) is 0 Å². The van der Waals surface area contributed by atoms with Gasteiger partial charge in [-0.3, -0.25) is 0 Å². The fourth-order valence-electron chi connectivity index (χ4n) is 0. The maximum Gasteiger partial charge on any atom is -0.153 e. The SMILES string of the molecule is N.O.P.S. The highest BCUT2D eigenvalue weighted by molar-refractivity contribution is 7.59. The fourth-order valence-corrected chi connectivity index (χ4v) is 0. The summed E-state index contributed by atoms with van der Waals surface area (Å²) >= 11 is 0. The second-order valence-electron chi connectivity index (χ2n) is 0. The molecule has 2 nitrogen and oxygen atoms in total. The first kappa shape index (κ1) is 131. The Kier molecular flexibility index (Phi) is 1810. The van der Waals surface area contributed by atoms with E-state index in [0.29, 0.717) is 0 Å². The summed E-state index contributed by atoms with van der Waals surface area (Å²) < 4.78 is 0. The zero-order chi connectivity index (χ0) is 0. The van der Waals surface area contributed by atoms with Crippen LogP contribution in [0.15, 0.2) is 0 Å². The van der Waals surface area contributed by atoms with Gasteiger partial charge in [0.2, 0.25) is 0 Å². The molecule has 0 bridgehead atoms. The predicted octanol–water partition coefficient (Wildman–Crippen LogP) is -0.492. The maximum atomic E-state index is 0. The Morgan fingerprint density at radius 2 is 1.00 bits per heavy atom. The van der Waals surface area contributed by atoms with Crippen LogP contribution < -0.4 is 6.15 Å². The second-order valence-corrected chi connectivity index (χ2v) is 0. The lowest BCUT2D eigenvalue weighted by Crippen LogP contribution is -0.481. The first-order chi connectivity index (χ1) is 0. The molecule has 0 spiro atoms. The van der Waals surface area contributed by atoms with E-state index >= 15 is 0 Å². The van der Waals surface area contributed by atoms with Gasteiger partial charge in [-0.1, -0.05) is 0 Å². The molecule has 1 atom stereocenters. The van der Waals surface area contributed by atoms with Crippen LogP contribution in [0.5, 0.6) is 0 Å². The van der Waals surface area contributed by atoms with Gasteiger partial charge in [0.05, 0.1) is 0 Å². The fraction of sp³-hybridized carbons (Fsp3) is 0. The minimum Gasteiger partial charge on any atom is -0.412 e. The molecule has 0 aliphatic carbocycles. The molecule has 0 saturated heterocycles. The average Bonchev–Trinajstić information content (AvgIpc) is 0. The van der Waals surface area contributed by atoms with Gasteiger partial charge >= 0.3 is 0 Å². The van der Waals surface area contributed by atoms with E-state index in [-0.39, 0.29) is 35.0 Å². The molecule has 0 aliphatic rings. The Bertz CT molecular complexity index is 8.00. The molecule has 0 fully saturated rings. The summed E-state index contributed by atoms with van der Waals surface area (Å²) in [6, 6.07) is 0. The molecule has 4 heteroatoms. The van der Waals surface area contributed by atoms with Crippen molar-refractivity contribution in [1.82, 2.24) is 6.15 Å². The minimum absolute atomic E-state index is 0. The van der Waals surface area contributed by atoms with Gasteiger partial charge in [0.15, 0.2) is 0 Å². The highest BCUT2D eigenvalue weighted by Crippen LogP contribution is 0.861. The van der Waals surface area contributed by atoms with E-state index < -0.39 is 0 Å². The van der Waals surface area contributed by atoms with E-state index in [2.05, 4.69) is 0 Å². The lowest BCUT2D eigenvalue weighted by atomic mass is 14.0. The van der Waals surface area contributed by atoms with E-state index in [1.165, 1.54) is 0 Å². The van der Waals surface area contributed by atoms with Crippen molar-refractivity contribution in [2.24, 2.45) is 0 Å². The average molecular weight is 103 g/mol. The third kappa shape index (κ3) is 15.9. The molecule has 5 N–H and O–H groups in total. The van der Waals surface area contributed by atoms with E-state index in [1.54, 1.807) is 0 Å². The third-order valence-electron chi connectivity index (χ3n) is 0. The Morgan fingerprint density at radius 3 is 1.00 bits per heavy atom. The molecule has 0 aromatic carbocycles. The first-order valence-corrected chi connectivity index (χ1v) is 0. The van der Waals surface area contributed by atoms with Gasteiger partial charge in [-0.2, -0.15) is 23.4 Å². The first-order valence-electron chi connectivity index (χ1n) is 0. The summed E-state index contributed by atoms with van der Waals surface area (Å²) in [5, 5.41) is 0. The smallest absolute Gasteiger partial charge is 0.153 e. The van der Waals surface area contributed by atoms with Gasteiger partial charge in [0.1, 0.15) is 0 Å². The van der Waals surface area contributed by atoms with E-state index in [1.807, 2.05) is 0 Å². The van der Waals surface area contributed by atoms with Crippen LogP contribution in [0.1, 0.15) is 0 Å². The molecule has 0 aromatic heterocycles. The van der Waals surface area contributed by atoms with Gasteiger partial charge in [0.25, 0.3) is 0 Å². The van der Waals surface area contributed by atoms with Crippen LogP contribution in [-0.4, -0.2) is 5.48 Å². The molecule has 0 aromatic rings. The van der Waals surface area contributed by atoms with Gasteiger partial charge in [-0.25, -0.2) is 0 Å². The molecular formula is H10NOPS. The molecule has 32 valence electrons. The van der Waals surface area contributed by atoms with Crippen molar-refractivity contribution < 1.29 is 5.48 Å². The summed E-state index contributed by atoms with van der Waals surface area (Å²) in [6.45, 7) is 0. The van der Waals surface area contributed by atoms with E-state index in [4.69, 9.17) is 0 Å². The second kappa shape index (κ2) is 55.0. The zero-order valence-corrected chi connectivity index (χ0v) is 4.83. The van der Waals surface area contributed by atoms with Crippen LogP contribution in [0.3, 0.4) is 0 Å². The van der Waals surface area contributed by atoms with Crippen LogP contribution >= 0.6 is 23.4 Å². The molecule has 0 saturated carbocycles. The van der Waals surface area contributed by atoms with E-state index in [0.717, 1.165) is 0 Å². The maximum absolute atomic E-state index is 0. The molecule has 0 aliphatic heterocycles. The Morgan fingerprint density at radius 1 is 1.00 bits per heavy atom. The lowest BCUT2D eigenvalue weighted by molar-refractivity contribution is 0.824. The van der Waals surface area contributed by atoms with Crippen molar-refractivity contribution >= 4 is 23.4 Å². The standard InChI is InChI=1S/H3N.H2O.H3P.H2S/h1H3;1H2;1H3;1H2. The molecule has 4 heavy (non-hydrogen) atoms. The molecule has 0 amide bonds. The summed E-state index contributed by atoms with van der Waals surface area (Å²) in [5.74, 6) is 0. The highest BCUT2D eigenvalue weighted by atomic mass is 32.1. The van der Waals surface area contributed by atoms with Crippen molar-refractivity contribution in [3.05, 3.63) is 0 Å². The summed E-state index contributed by atoms with van der Waals surface area (Å²) in [4.78, 5) is 0. The Labute approximate surface area is 35.9 Å². The van der Waals surface area contributed by atoms with E-state index in [9.17, 15) is 0 Å². The van der Waals surface area contributed by atoms with Gasteiger partial charge in [-0.15, -0.1) is 0 Å². The van der Waals surface area contributed by atoms with Crippen LogP contribution in [0.4, 0.5) is 0 Å². The van der Waals surface area contributed by atoms with Crippen molar-refractivity contribution in [2.45, 2.75) is 0 Å². The van der Waals surface area contributed by atoms with Gasteiger partial charge in [0, 0.05) is 0 Å². The molecule has 0 heterocycles. The van der Waals surface area contributed by atoms with Gasteiger partial charge < -0.3 is 11.6 Å². The molecular weight excluding hydrogens is 93.0 g/mol. The number of hydrogen-bond acceptors (Lipinski definition) is 1. The topological polar surface area (TPSA) is 66.5 Å². The third-order valence-corrected chi connectivity index (χ3v) is 0. The quantitative estimate of drug-likeness (QED) is 0.413. The molecule has 0 radical (unpaired) electrons. The van der Waals surface area contributed by atoms with Crippen molar-refractivity contribution in [3.63, 3.8) is 0 Å². The summed E-state index contributed by atoms with van der Waals surface area (Å²) in [7, 11) is 0. The minimum atomic E-state index is 0. The Balaban J connectivity index is 0. The normalized spacial score (nSPS) is 0. The van der Waals surface area contributed by atoms with Crippen LogP contribution in [0.2, 0.25) is 0 Å². The number of rotatable bonds is 0. The summed E-state index contributed by atoms with van der Waals surface area (Å²) in [6.07, 6.45) is 0. The van der Waals surface area contributed by atoms with Crippen molar-refractivity contribution in [3.8, 4) is 0 Å².